The topological polar surface area (TPSA) is 65.6 Å². The number of hydrogen-bond donors (Lipinski definition) is 0. The Labute approximate surface area is 263 Å². The molecule has 0 radical (unpaired) electrons. The molecule has 0 N–H and O–H groups in total. The first-order valence-electron chi connectivity index (χ1n) is 15.2. The van der Waals surface area contributed by atoms with Crippen LogP contribution >= 0.6 is 0 Å². The third kappa shape index (κ3) is 3.97. The van der Waals surface area contributed by atoms with E-state index in [1.807, 2.05) is 115 Å². The highest BCUT2D eigenvalue weighted by Crippen LogP contribution is 2.39. The van der Waals surface area contributed by atoms with Crippen LogP contribution in [0.3, 0.4) is 0 Å². The van der Waals surface area contributed by atoms with Crippen LogP contribution in [-0.4, -0.2) is 30.0 Å². The quantitative estimate of drug-likeness (QED) is 0.205. The molecule has 46 heavy (non-hydrogen) atoms. The number of rotatable bonds is 4. The van der Waals surface area contributed by atoms with Gasteiger partial charge in [-0.05, 0) is 36.4 Å². The fourth-order valence-corrected chi connectivity index (χ4v) is 6.49. The molecule has 0 aliphatic carbocycles. The van der Waals surface area contributed by atoms with Gasteiger partial charge >= 0.3 is 0 Å². The summed E-state index contributed by atoms with van der Waals surface area (Å²) >= 11 is 0. The van der Waals surface area contributed by atoms with E-state index in [4.69, 9.17) is 15.0 Å². The molecule has 0 spiro atoms. The predicted octanol–water partition coefficient (Wildman–Crippen LogP) is 9.10. The lowest BCUT2D eigenvalue weighted by Crippen LogP contribution is -2.13. The van der Waals surface area contributed by atoms with E-state index in [-0.39, 0.29) is 5.91 Å². The van der Waals surface area contributed by atoms with Gasteiger partial charge in [-0.2, -0.15) is 0 Å². The summed E-state index contributed by atoms with van der Waals surface area (Å²) in [6.45, 7) is 0. The van der Waals surface area contributed by atoms with Crippen LogP contribution in [0.5, 0.6) is 0 Å². The van der Waals surface area contributed by atoms with Crippen molar-refractivity contribution in [1.29, 1.82) is 0 Å². The Balaban J connectivity index is 1.38. The summed E-state index contributed by atoms with van der Waals surface area (Å²) in [5.74, 6) is 1.05. The Bertz CT molecular complexity index is 2590. The van der Waals surface area contributed by atoms with Gasteiger partial charge in [0.2, 0.25) is 5.95 Å². The molecule has 0 aliphatic rings. The lowest BCUT2D eigenvalue weighted by molar-refractivity contribution is 0.0966. The van der Waals surface area contributed by atoms with Crippen molar-refractivity contribution in [2.24, 2.45) is 0 Å². The van der Waals surface area contributed by atoms with Crippen LogP contribution in [0.4, 0.5) is 0 Å². The Kier molecular flexibility index (Phi) is 5.86. The predicted molar refractivity (Wildman–Crippen MR) is 184 cm³/mol. The van der Waals surface area contributed by atoms with Crippen LogP contribution in [-0.2, 0) is 0 Å². The third-order valence-electron chi connectivity index (χ3n) is 8.55. The van der Waals surface area contributed by atoms with Crippen molar-refractivity contribution in [1.82, 2.24) is 24.1 Å². The highest BCUT2D eigenvalue weighted by molar-refractivity contribution is 6.21. The molecular weight excluding hydrogens is 566 g/mol. The minimum atomic E-state index is -0.129. The molecule has 0 unspecified atom stereocenters. The highest BCUT2D eigenvalue weighted by atomic mass is 16.2. The van der Waals surface area contributed by atoms with Gasteiger partial charge in [0.1, 0.15) is 5.82 Å². The molecule has 3 aromatic heterocycles. The van der Waals surface area contributed by atoms with Gasteiger partial charge in [0.25, 0.3) is 5.91 Å². The first-order valence-corrected chi connectivity index (χ1v) is 15.2. The molecule has 0 atom stereocenters. The number of nitrogens with zero attached hydrogens (tertiary/aromatic N) is 5. The number of para-hydroxylation sites is 2. The molecule has 0 bridgehead atoms. The number of fused-ring (bicyclic) bond motifs is 6. The van der Waals surface area contributed by atoms with Crippen molar-refractivity contribution in [3.05, 3.63) is 157 Å². The van der Waals surface area contributed by atoms with Crippen LogP contribution in [0.25, 0.3) is 72.3 Å². The summed E-state index contributed by atoms with van der Waals surface area (Å²) in [7, 11) is 0. The van der Waals surface area contributed by atoms with Crippen LogP contribution in [0.2, 0.25) is 0 Å². The van der Waals surface area contributed by atoms with Crippen LogP contribution < -0.4 is 0 Å². The third-order valence-corrected chi connectivity index (χ3v) is 8.55. The maximum absolute atomic E-state index is 14.1. The molecule has 0 fully saturated rings. The largest absolute Gasteiger partial charge is 0.278 e. The van der Waals surface area contributed by atoms with Crippen molar-refractivity contribution in [3.8, 4) is 28.6 Å². The van der Waals surface area contributed by atoms with E-state index in [1.54, 1.807) is 4.57 Å². The monoisotopic (exact) mass is 591 g/mol. The van der Waals surface area contributed by atoms with E-state index < -0.39 is 0 Å². The molecule has 0 aliphatic heterocycles. The highest BCUT2D eigenvalue weighted by Gasteiger charge is 2.24. The molecule has 0 saturated heterocycles. The summed E-state index contributed by atoms with van der Waals surface area (Å²) in [5.41, 5.74) is 7.59. The molecule has 9 aromatic rings. The Hall–Kier alpha value is -6.40. The number of carbonyl (C=O) groups excluding carboxylic acids is 1. The zero-order chi connectivity index (χ0) is 30.6. The van der Waals surface area contributed by atoms with Gasteiger partial charge in [0, 0.05) is 32.8 Å². The van der Waals surface area contributed by atoms with Crippen molar-refractivity contribution in [2.45, 2.75) is 0 Å². The molecule has 0 amide bonds. The van der Waals surface area contributed by atoms with Crippen molar-refractivity contribution in [3.63, 3.8) is 0 Å². The molecule has 9 rings (SSSR count). The molecule has 6 nitrogen and oxygen atoms in total. The zero-order valence-electron chi connectivity index (χ0n) is 24.6. The molecular formula is C40H25N5O. The lowest BCUT2D eigenvalue weighted by atomic mass is 10.1. The maximum atomic E-state index is 14.1. The molecule has 216 valence electrons. The van der Waals surface area contributed by atoms with Crippen LogP contribution in [0.15, 0.2) is 152 Å². The second-order valence-electron chi connectivity index (χ2n) is 11.2. The fraction of sp³-hybridized carbons (Fsp3) is 0. The van der Waals surface area contributed by atoms with Gasteiger partial charge in [-0.1, -0.05) is 115 Å². The van der Waals surface area contributed by atoms with Crippen LogP contribution in [0, 0.1) is 0 Å². The molecule has 6 aromatic carbocycles. The summed E-state index contributed by atoms with van der Waals surface area (Å²) in [6.07, 6.45) is 0. The van der Waals surface area contributed by atoms with Gasteiger partial charge in [-0.3, -0.25) is 13.9 Å². The Morgan fingerprint density at radius 2 is 1.11 bits per heavy atom. The van der Waals surface area contributed by atoms with E-state index in [0.717, 1.165) is 60.6 Å². The number of aromatic nitrogens is 5. The summed E-state index contributed by atoms with van der Waals surface area (Å²) in [4.78, 5) is 29.7. The molecule has 0 saturated carbocycles. The van der Waals surface area contributed by atoms with Gasteiger partial charge < -0.3 is 0 Å². The summed E-state index contributed by atoms with van der Waals surface area (Å²) in [5, 5.41) is 2.95. The second kappa shape index (κ2) is 10.4. The maximum Gasteiger partial charge on any atom is 0.264 e. The van der Waals surface area contributed by atoms with Crippen molar-refractivity contribution >= 4 is 49.6 Å². The normalized spacial score (nSPS) is 11.6. The first-order chi connectivity index (χ1) is 22.8. The number of benzene rings is 6. The van der Waals surface area contributed by atoms with Gasteiger partial charge in [0.15, 0.2) is 0 Å². The average Bonchev–Trinajstić information content (AvgIpc) is 3.68. The molecule has 6 heteroatoms. The Morgan fingerprint density at radius 3 is 1.87 bits per heavy atom. The first kappa shape index (κ1) is 26.0. The fourth-order valence-electron chi connectivity index (χ4n) is 6.49. The minimum absolute atomic E-state index is 0.129. The van der Waals surface area contributed by atoms with E-state index in [2.05, 4.69) is 41.0 Å². The SMILES string of the molecule is O=C(c1ccccc1)n1c(-c2ccccc2)nc2c3c4ccccc4n(-c4nc(-c5ccccc5)c5ccccc5n4)c3ccc21. The van der Waals surface area contributed by atoms with Crippen molar-refractivity contribution < 1.29 is 4.79 Å². The average molecular weight is 592 g/mol. The van der Waals surface area contributed by atoms with E-state index in [0.29, 0.717) is 17.3 Å². The summed E-state index contributed by atoms with van der Waals surface area (Å²) < 4.78 is 3.86. The smallest absolute Gasteiger partial charge is 0.264 e. The Morgan fingerprint density at radius 1 is 0.500 bits per heavy atom. The zero-order valence-corrected chi connectivity index (χ0v) is 24.6. The van der Waals surface area contributed by atoms with Gasteiger partial charge in [0.05, 0.1) is 33.3 Å². The van der Waals surface area contributed by atoms with E-state index in [1.165, 1.54) is 0 Å². The molecule has 3 heterocycles. The van der Waals surface area contributed by atoms with E-state index in [9.17, 15) is 4.79 Å². The lowest BCUT2D eigenvalue weighted by Gasteiger charge is -2.11. The van der Waals surface area contributed by atoms with E-state index >= 15 is 0 Å². The second-order valence-corrected chi connectivity index (χ2v) is 11.2. The van der Waals surface area contributed by atoms with Gasteiger partial charge in [-0.15, -0.1) is 0 Å². The van der Waals surface area contributed by atoms with Crippen molar-refractivity contribution in [2.75, 3.05) is 0 Å². The van der Waals surface area contributed by atoms with Gasteiger partial charge in [-0.25, -0.2) is 15.0 Å². The minimum Gasteiger partial charge on any atom is -0.278 e. The standard InChI is InChI=1S/C40H25N5O/c46-39(28-18-8-3-9-19-28)45-34-25-24-33-35(37(34)42-38(45)27-16-6-2-7-17-27)30-21-11-13-23-32(30)44(33)40-41-31-22-12-10-20-29(31)36(43-40)26-14-4-1-5-15-26/h1-25H. The number of hydrogen-bond acceptors (Lipinski definition) is 4. The summed E-state index contributed by atoms with van der Waals surface area (Å²) in [6, 6.07) is 49.9. The number of carbonyl (C=O) groups is 1. The number of imidazole rings is 1. The van der Waals surface area contributed by atoms with Crippen LogP contribution in [0.1, 0.15) is 10.4 Å².